The molecule has 0 aliphatic carbocycles. The second kappa shape index (κ2) is 8.34. The van der Waals surface area contributed by atoms with Crippen LogP contribution in [0.1, 0.15) is 27.2 Å². The summed E-state index contributed by atoms with van der Waals surface area (Å²) < 4.78 is 4.76. The van der Waals surface area contributed by atoms with Crippen molar-refractivity contribution in [1.82, 2.24) is 9.80 Å². The number of aliphatic carboxylic acids is 1. The Morgan fingerprint density at radius 1 is 1.26 bits per heavy atom. The monoisotopic (exact) mass is 274 g/mol. The number of hydrogen-bond donors (Lipinski definition) is 1. The van der Waals surface area contributed by atoms with Gasteiger partial charge in [-0.15, -0.1) is 0 Å². The predicted octanol–water partition coefficient (Wildman–Crippen LogP) is 0.786. The molecule has 0 spiro atoms. The lowest BCUT2D eigenvalue weighted by molar-refractivity contribution is -0.143. The lowest BCUT2D eigenvalue weighted by atomic mass is 10.3. The minimum Gasteiger partial charge on any atom is -0.480 e. The Bertz CT molecular complexity index is 330. The van der Waals surface area contributed by atoms with Crippen LogP contribution in [0.4, 0.5) is 4.79 Å². The first-order valence-electron chi connectivity index (χ1n) is 6.18. The molecule has 0 aromatic carbocycles. The molecule has 110 valence electrons. The Morgan fingerprint density at radius 3 is 2.26 bits per heavy atom. The zero-order chi connectivity index (χ0) is 15.0. The predicted molar refractivity (Wildman–Crippen MR) is 68.8 cm³/mol. The highest BCUT2D eigenvalue weighted by molar-refractivity contribution is 5.80. The maximum atomic E-state index is 12.0. The molecule has 0 aromatic heterocycles. The van der Waals surface area contributed by atoms with Crippen molar-refractivity contribution in [3.63, 3.8) is 0 Å². The lowest BCUT2D eigenvalue weighted by Gasteiger charge is -2.29. The molecule has 0 saturated carbocycles. The summed E-state index contributed by atoms with van der Waals surface area (Å²) in [5.74, 6) is -1.45. The zero-order valence-corrected chi connectivity index (χ0v) is 11.9. The van der Waals surface area contributed by atoms with E-state index in [9.17, 15) is 14.4 Å². The van der Waals surface area contributed by atoms with Gasteiger partial charge in [-0.1, -0.05) is 0 Å². The van der Waals surface area contributed by atoms with Crippen LogP contribution in [0.15, 0.2) is 0 Å². The van der Waals surface area contributed by atoms with E-state index >= 15 is 0 Å². The van der Waals surface area contributed by atoms with Gasteiger partial charge in [-0.25, -0.2) is 4.79 Å². The SMILES string of the molecule is CCOC(=O)CCN(C)C(=O)N(CC(=O)O)C(C)C. The number of hydrogen-bond acceptors (Lipinski definition) is 4. The first kappa shape index (κ1) is 17.2. The highest BCUT2D eigenvalue weighted by Gasteiger charge is 2.23. The van der Waals surface area contributed by atoms with Crippen LogP contribution >= 0.6 is 0 Å². The van der Waals surface area contributed by atoms with Crippen LogP contribution in [-0.4, -0.2) is 65.7 Å². The summed E-state index contributed by atoms with van der Waals surface area (Å²) in [7, 11) is 1.53. The van der Waals surface area contributed by atoms with Crippen LogP contribution in [0.2, 0.25) is 0 Å². The number of rotatable bonds is 7. The molecule has 0 fully saturated rings. The molecule has 0 heterocycles. The number of carboxylic acids is 1. The average Bonchev–Trinajstić information content (AvgIpc) is 2.32. The topological polar surface area (TPSA) is 87.2 Å². The quantitative estimate of drug-likeness (QED) is 0.693. The largest absolute Gasteiger partial charge is 0.480 e. The first-order valence-corrected chi connectivity index (χ1v) is 6.18. The number of carbonyl (C=O) groups excluding carboxylic acids is 2. The van der Waals surface area contributed by atoms with Crippen molar-refractivity contribution in [2.45, 2.75) is 33.2 Å². The molecule has 0 aliphatic rings. The van der Waals surface area contributed by atoms with Crippen molar-refractivity contribution >= 4 is 18.0 Å². The number of ether oxygens (including phenoxy) is 1. The van der Waals surface area contributed by atoms with Gasteiger partial charge >= 0.3 is 18.0 Å². The summed E-state index contributed by atoms with van der Waals surface area (Å²) in [6.07, 6.45) is 0.0923. The van der Waals surface area contributed by atoms with Gasteiger partial charge in [0.1, 0.15) is 6.54 Å². The third kappa shape index (κ3) is 6.64. The van der Waals surface area contributed by atoms with E-state index < -0.39 is 12.0 Å². The molecular weight excluding hydrogens is 252 g/mol. The molecule has 0 radical (unpaired) electrons. The molecular formula is C12H22N2O5. The molecule has 0 saturated heterocycles. The van der Waals surface area contributed by atoms with Gasteiger partial charge in [-0.2, -0.15) is 0 Å². The first-order chi connectivity index (χ1) is 8.79. The Hall–Kier alpha value is -1.79. The molecule has 2 amide bonds. The summed E-state index contributed by atoms with van der Waals surface area (Å²) in [6, 6.07) is -0.643. The van der Waals surface area contributed by atoms with Gasteiger partial charge in [0.15, 0.2) is 0 Å². The fraction of sp³-hybridized carbons (Fsp3) is 0.750. The van der Waals surface area contributed by atoms with E-state index in [2.05, 4.69) is 0 Å². The van der Waals surface area contributed by atoms with Gasteiger partial charge in [0.05, 0.1) is 13.0 Å². The highest BCUT2D eigenvalue weighted by Crippen LogP contribution is 2.04. The van der Waals surface area contributed by atoms with E-state index in [0.717, 1.165) is 0 Å². The van der Waals surface area contributed by atoms with Crippen LogP contribution < -0.4 is 0 Å². The Balaban J connectivity index is 4.42. The summed E-state index contributed by atoms with van der Waals surface area (Å²) in [5, 5.41) is 8.77. The molecule has 0 bridgehead atoms. The molecule has 7 nitrogen and oxygen atoms in total. The van der Waals surface area contributed by atoms with Crippen LogP contribution in [0, 0.1) is 0 Å². The Labute approximate surface area is 113 Å². The van der Waals surface area contributed by atoms with Crippen LogP contribution in [0.25, 0.3) is 0 Å². The molecule has 0 aromatic rings. The number of carboxylic acid groups (broad SMARTS) is 1. The van der Waals surface area contributed by atoms with E-state index in [1.165, 1.54) is 16.8 Å². The number of carbonyl (C=O) groups is 3. The smallest absolute Gasteiger partial charge is 0.323 e. The molecule has 0 aliphatic heterocycles. The number of amides is 2. The normalized spacial score (nSPS) is 10.2. The van der Waals surface area contributed by atoms with Gasteiger partial charge < -0.3 is 19.6 Å². The molecule has 1 N–H and O–H groups in total. The van der Waals surface area contributed by atoms with Crippen molar-refractivity contribution in [1.29, 1.82) is 0 Å². The van der Waals surface area contributed by atoms with Gasteiger partial charge in [0, 0.05) is 19.6 Å². The number of esters is 1. The maximum absolute atomic E-state index is 12.0. The van der Waals surface area contributed by atoms with Gasteiger partial charge in [0.2, 0.25) is 0 Å². The van der Waals surface area contributed by atoms with Gasteiger partial charge in [0.25, 0.3) is 0 Å². The summed E-state index contributed by atoms with van der Waals surface area (Å²) in [5.41, 5.74) is 0. The summed E-state index contributed by atoms with van der Waals surface area (Å²) in [4.78, 5) is 36.5. The van der Waals surface area contributed by atoms with Gasteiger partial charge in [-0.3, -0.25) is 9.59 Å². The average molecular weight is 274 g/mol. The van der Waals surface area contributed by atoms with Crippen LogP contribution in [-0.2, 0) is 14.3 Å². The Kier molecular flexibility index (Phi) is 7.55. The second-order valence-corrected chi connectivity index (χ2v) is 4.37. The van der Waals surface area contributed by atoms with Crippen molar-refractivity contribution in [3.8, 4) is 0 Å². The zero-order valence-electron chi connectivity index (χ0n) is 11.9. The summed E-state index contributed by atoms with van der Waals surface area (Å²) in [6.45, 7) is 5.31. The van der Waals surface area contributed by atoms with Crippen LogP contribution in [0.3, 0.4) is 0 Å². The van der Waals surface area contributed by atoms with E-state index in [-0.39, 0.29) is 31.5 Å². The van der Waals surface area contributed by atoms with E-state index in [4.69, 9.17) is 9.84 Å². The minimum atomic E-state index is -1.07. The molecule has 0 atom stereocenters. The molecule has 0 rings (SSSR count). The molecule has 0 unspecified atom stereocenters. The second-order valence-electron chi connectivity index (χ2n) is 4.37. The highest BCUT2D eigenvalue weighted by atomic mass is 16.5. The lowest BCUT2D eigenvalue weighted by Crippen LogP contribution is -2.47. The third-order valence-corrected chi connectivity index (χ3v) is 2.46. The fourth-order valence-electron chi connectivity index (χ4n) is 1.42. The third-order valence-electron chi connectivity index (χ3n) is 2.46. The Morgan fingerprint density at radius 2 is 1.84 bits per heavy atom. The fourth-order valence-corrected chi connectivity index (χ4v) is 1.42. The van der Waals surface area contributed by atoms with E-state index in [1.54, 1.807) is 20.8 Å². The number of nitrogens with zero attached hydrogens (tertiary/aromatic N) is 2. The van der Waals surface area contributed by atoms with Crippen molar-refractivity contribution < 1.29 is 24.2 Å². The van der Waals surface area contributed by atoms with Gasteiger partial charge in [-0.05, 0) is 20.8 Å². The molecule has 19 heavy (non-hydrogen) atoms. The van der Waals surface area contributed by atoms with Crippen LogP contribution in [0.5, 0.6) is 0 Å². The van der Waals surface area contributed by atoms with E-state index in [0.29, 0.717) is 6.61 Å². The molecule has 7 heteroatoms. The maximum Gasteiger partial charge on any atom is 0.323 e. The minimum absolute atomic E-state index is 0.0923. The summed E-state index contributed by atoms with van der Waals surface area (Å²) >= 11 is 0. The van der Waals surface area contributed by atoms with Crippen molar-refractivity contribution in [3.05, 3.63) is 0 Å². The standard InChI is InChI=1S/C12H22N2O5/c1-5-19-11(17)6-7-13(4)12(18)14(9(2)3)8-10(15)16/h9H,5-8H2,1-4H3,(H,15,16). The number of urea groups is 1. The van der Waals surface area contributed by atoms with Crippen molar-refractivity contribution in [2.24, 2.45) is 0 Å². The van der Waals surface area contributed by atoms with E-state index in [1.807, 2.05) is 0 Å². The van der Waals surface area contributed by atoms with Crippen molar-refractivity contribution in [2.75, 3.05) is 26.7 Å².